The van der Waals surface area contributed by atoms with Crippen molar-refractivity contribution in [3.05, 3.63) is 47.5 Å². The van der Waals surface area contributed by atoms with E-state index in [1.807, 2.05) is 0 Å². The predicted molar refractivity (Wildman–Crippen MR) is 95.5 cm³/mol. The Balaban J connectivity index is 1.79. The van der Waals surface area contributed by atoms with Crippen LogP contribution in [0.5, 0.6) is 11.5 Å². The number of hydrogen-bond donors (Lipinski definition) is 1. The second kappa shape index (κ2) is 7.38. The molecular weight excluding hydrogens is 361 g/mol. The van der Waals surface area contributed by atoms with E-state index in [0.29, 0.717) is 36.0 Å². The summed E-state index contributed by atoms with van der Waals surface area (Å²) in [6.07, 6.45) is -4.49. The summed E-state index contributed by atoms with van der Waals surface area (Å²) in [7, 11) is 3.39. The van der Waals surface area contributed by atoms with Gasteiger partial charge in [0.15, 0.2) is 11.5 Å². The van der Waals surface area contributed by atoms with Gasteiger partial charge in [-0.2, -0.15) is 13.2 Å². The molecular formula is C19H19F3N2O3. The zero-order valence-electron chi connectivity index (χ0n) is 14.9. The molecule has 8 heteroatoms. The number of alkyl halides is 3. The first-order valence-electron chi connectivity index (χ1n) is 8.31. The molecule has 0 unspecified atom stereocenters. The van der Waals surface area contributed by atoms with Gasteiger partial charge < -0.3 is 19.7 Å². The summed E-state index contributed by atoms with van der Waals surface area (Å²) in [6, 6.07) is 8.41. The third-order valence-corrected chi connectivity index (χ3v) is 4.05. The van der Waals surface area contributed by atoms with Crippen LogP contribution in [-0.2, 0) is 17.4 Å². The molecule has 0 aliphatic carbocycles. The highest BCUT2D eigenvalue weighted by atomic mass is 19.4. The minimum absolute atomic E-state index is 0.000244. The molecule has 144 valence electrons. The van der Waals surface area contributed by atoms with Gasteiger partial charge in [-0.25, -0.2) is 0 Å². The fraction of sp³-hybridized carbons (Fsp3) is 0.316. The smallest absolute Gasteiger partial charge is 0.416 e. The van der Waals surface area contributed by atoms with Gasteiger partial charge >= 0.3 is 6.18 Å². The quantitative estimate of drug-likeness (QED) is 0.878. The van der Waals surface area contributed by atoms with Crippen molar-refractivity contribution in [1.82, 2.24) is 0 Å². The van der Waals surface area contributed by atoms with Crippen LogP contribution in [0.4, 0.5) is 24.5 Å². The largest absolute Gasteiger partial charge is 0.486 e. The molecule has 27 heavy (non-hydrogen) atoms. The summed E-state index contributed by atoms with van der Waals surface area (Å²) in [6.45, 7) is 0.898. The van der Waals surface area contributed by atoms with E-state index in [1.54, 1.807) is 37.2 Å². The lowest BCUT2D eigenvalue weighted by molar-refractivity contribution is -0.137. The number of carbonyl (C=O) groups is 1. The number of nitrogens with zero attached hydrogens (tertiary/aromatic N) is 1. The molecule has 1 amide bonds. The number of benzene rings is 2. The van der Waals surface area contributed by atoms with E-state index in [1.165, 1.54) is 6.07 Å². The maximum atomic E-state index is 13.0. The lowest BCUT2D eigenvalue weighted by Gasteiger charge is -2.20. The number of amides is 1. The molecule has 0 saturated carbocycles. The van der Waals surface area contributed by atoms with E-state index in [2.05, 4.69) is 5.32 Å². The van der Waals surface area contributed by atoms with E-state index in [4.69, 9.17) is 9.47 Å². The van der Waals surface area contributed by atoms with E-state index in [9.17, 15) is 18.0 Å². The molecule has 0 atom stereocenters. The van der Waals surface area contributed by atoms with Crippen LogP contribution in [0.25, 0.3) is 0 Å². The second-order valence-electron chi connectivity index (χ2n) is 6.33. The first-order valence-corrected chi connectivity index (χ1v) is 8.31. The van der Waals surface area contributed by atoms with Crippen LogP contribution >= 0.6 is 0 Å². The molecule has 1 aliphatic rings. The van der Waals surface area contributed by atoms with E-state index in [0.717, 1.165) is 12.1 Å². The molecule has 0 bridgehead atoms. The number of carbonyl (C=O) groups excluding carboxylic acids is 1. The Hall–Kier alpha value is -2.90. The van der Waals surface area contributed by atoms with Crippen molar-refractivity contribution in [2.24, 2.45) is 0 Å². The van der Waals surface area contributed by atoms with Gasteiger partial charge in [-0.15, -0.1) is 0 Å². The lowest BCUT2D eigenvalue weighted by atomic mass is 10.1. The Morgan fingerprint density at radius 1 is 1.07 bits per heavy atom. The summed E-state index contributed by atoms with van der Waals surface area (Å²) < 4.78 is 49.9. The number of nitrogens with one attached hydrogen (secondary N) is 1. The molecule has 0 saturated heterocycles. The molecule has 1 N–H and O–H groups in total. The number of halogens is 3. The molecule has 0 aromatic heterocycles. The molecule has 0 fully saturated rings. The SMILES string of the molecule is CN(C)c1ccc(C(F)(F)F)cc1NC(=O)Cc1ccc2c(c1)OCCO2. The van der Waals surface area contributed by atoms with Crippen LogP contribution < -0.4 is 19.7 Å². The van der Waals surface area contributed by atoms with Crippen molar-refractivity contribution in [1.29, 1.82) is 0 Å². The Bertz CT molecular complexity index is 851. The third kappa shape index (κ3) is 4.45. The van der Waals surface area contributed by atoms with Gasteiger partial charge in [-0.05, 0) is 35.9 Å². The maximum Gasteiger partial charge on any atom is 0.416 e. The summed E-state index contributed by atoms with van der Waals surface area (Å²) >= 11 is 0. The van der Waals surface area contributed by atoms with Gasteiger partial charge in [-0.3, -0.25) is 4.79 Å². The number of ether oxygens (including phenoxy) is 2. The van der Waals surface area contributed by atoms with Crippen molar-refractivity contribution in [2.75, 3.05) is 37.5 Å². The first-order chi connectivity index (χ1) is 12.7. The molecule has 1 heterocycles. The zero-order chi connectivity index (χ0) is 19.6. The van der Waals surface area contributed by atoms with Crippen molar-refractivity contribution in [3.63, 3.8) is 0 Å². The van der Waals surface area contributed by atoms with Crippen LogP contribution in [-0.4, -0.2) is 33.2 Å². The first kappa shape index (κ1) is 18.9. The molecule has 5 nitrogen and oxygen atoms in total. The van der Waals surface area contributed by atoms with Gasteiger partial charge in [0.05, 0.1) is 23.4 Å². The van der Waals surface area contributed by atoms with Gasteiger partial charge in [-0.1, -0.05) is 6.07 Å². The number of hydrogen-bond acceptors (Lipinski definition) is 4. The average Bonchev–Trinajstić information content (AvgIpc) is 2.60. The van der Waals surface area contributed by atoms with Crippen LogP contribution in [0.3, 0.4) is 0 Å². The molecule has 2 aromatic rings. The molecule has 1 aliphatic heterocycles. The summed E-state index contributed by atoms with van der Waals surface area (Å²) in [4.78, 5) is 14.0. The topological polar surface area (TPSA) is 50.8 Å². The van der Waals surface area contributed by atoms with E-state index < -0.39 is 17.6 Å². The summed E-state index contributed by atoms with van der Waals surface area (Å²) in [5.41, 5.74) is 0.453. The summed E-state index contributed by atoms with van der Waals surface area (Å²) in [5, 5.41) is 2.58. The fourth-order valence-electron chi connectivity index (χ4n) is 2.78. The lowest BCUT2D eigenvalue weighted by Crippen LogP contribution is -2.19. The van der Waals surface area contributed by atoms with Crippen molar-refractivity contribution < 1.29 is 27.4 Å². The summed E-state index contributed by atoms with van der Waals surface area (Å²) in [5.74, 6) is 0.742. The Morgan fingerprint density at radius 3 is 2.44 bits per heavy atom. The van der Waals surface area contributed by atoms with Crippen molar-refractivity contribution in [2.45, 2.75) is 12.6 Å². The highest BCUT2D eigenvalue weighted by Gasteiger charge is 2.31. The van der Waals surface area contributed by atoms with Crippen LogP contribution in [0, 0.1) is 0 Å². The third-order valence-electron chi connectivity index (χ3n) is 4.05. The number of fused-ring (bicyclic) bond motifs is 1. The molecule has 0 spiro atoms. The Morgan fingerprint density at radius 2 is 1.78 bits per heavy atom. The molecule has 3 rings (SSSR count). The molecule has 2 aromatic carbocycles. The standard InChI is InChI=1S/C19H19F3N2O3/c1-24(2)15-5-4-13(19(20,21)22)11-14(15)23-18(25)10-12-3-6-16-17(9-12)27-8-7-26-16/h3-6,9,11H,7-8,10H2,1-2H3,(H,23,25). The van der Waals surface area contributed by atoms with Crippen LogP contribution in [0.15, 0.2) is 36.4 Å². The Kier molecular flexibility index (Phi) is 5.16. The molecule has 0 radical (unpaired) electrons. The highest BCUT2D eigenvalue weighted by Crippen LogP contribution is 2.35. The maximum absolute atomic E-state index is 13.0. The zero-order valence-corrected chi connectivity index (χ0v) is 14.9. The monoisotopic (exact) mass is 380 g/mol. The van der Waals surface area contributed by atoms with Gasteiger partial charge in [0.2, 0.25) is 5.91 Å². The second-order valence-corrected chi connectivity index (χ2v) is 6.33. The van der Waals surface area contributed by atoms with Gasteiger partial charge in [0.25, 0.3) is 0 Å². The predicted octanol–water partition coefficient (Wildman–Crippen LogP) is 3.72. The van der Waals surface area contributed by atoms with E-state index >= 15 is 0 Å². The van der Waals surface area contributed by atoms with Crippen molar-refractivity contribution in [3.8, 4) is 11.5 Å². The fourth-order valence-corrected chi connectivity index (χ4v) is 2.78. The number of rotatable bonds is 4. The van der Waals surface area contributed by atoms with Crippen LogP contribution in [0.2, 0.25) is 0 Å². The Labute approximate surface area is 154 Å². The highest BCUT2D eigenvalue weighted by molar-refractivity contribution is 5.95. The van der Waals surface area contributed by atoms with Gasteiger partial charge in [0.1, 0.15) is 13.2 Å². The van der Waals surface area contributed by atoms with E-state index in [-0.39, 0.29) is 12.1 Å². The van der Waals surface area contributed by atoms with Gasteiger partial charge in [0, 0.05) is 14.1 Å². The normalized spacial score (nSPS) is 13.2. The minimum Gasteiger partial charge on any atom is -0.486 e. The van der Waals surface area contributed by atoms with Crippen molar-refractivity contribution >= 4 is 17.3 Å². The average molecular weight is 380 g/mol. The minimum atomic E-state index is -4.49. The van der Waals surface area contributed by atoms with Crippen LogP contribution in [0.1, 0.15) is 11.1 Å². The number of anilines is 2.